The van der Waals surface area contributed by atoms with Crippen molar-refractivity contribution in [2.75, 3.05) is 26.2 Å². The van der Waals surface area contributed by atoms with Gasteiger partial charge in [-0.05, 0) is 37.1 Å². The first-order valence-electron chi connectivity index (χ1n) is 8.48. The standard InChI is InChI=1S/C18H21ClN2O3S2/c1-3-15-13(2)12-16(25-15)18(22)20-8-10-21(11-9-20)26(23,24)17-7-5-4-6-14(17)19/h4-7,12H,3,8-11H2,1-2H3. The van der Waals surface area contributed by atoms with E-state index in [0.29, 0.717) is 13.1 Å². The van der Waals surface area contributed by atoms with Crippen LogP contribution < -0.4 is 0 Å². The summed E-state index contributed by atoms with van der Waals surface area (Å²) >= 11 is 7.57. The molecular weight excluding hydrogens is 392 g/mol. The van der Waals surface area contributed by atoms with E-state index in [0.717, 1.165) is 16.9 Å². The summed E-state index contributed by atoms with van der Waals surface area (Å²) in [6, 6.07) is 8.36. The largest absolute Gasteiger partial charge is 0.335 e. The van der Waals surface area contributed by atoms with Gasteiger partial charge in [-0.2, -0.15) is 4.31 Å². The number of carbonyl (C=O) groups excluding carboxylic acids is 1. The van der Waals surface area contributed by atoms with E-state index in [2.05, 4.69) is 6.92 Å². The molecule has 2 heterocycles. The Labute approximate surface area is 163 Å². The van der Waals surface area contributed by atoms with Gasteiger partial charge in [0.05, 0.1) is 9.90 Å². The monoisotopic (exact) mass is 412 g/mol. The van der Waals surface area contributed by atoms with Gasteiger partial charge in [-0.3, -0.25) is 4.79 Å². The van der Waals surface area contributed by atoms with Gasteiger partial charge < -0.3 is 4.90 Å². The molecule has 1 aromatic heterocycles. The van der Waals surface area contributed by atoms with E-state index >= 15 is 0 Å². The summed E-state index contributed by atoms with van der Waals surface area (Å²) in [5.74, 6) is -0.0207. The van der Waals surface area contributed by atoms with E-state index in [4.69, 9.17) is 11.6 Å². The van der Waals surface area contributed by atoms with Crippen LogP contribution in [0.5, 0.6) is 0 Å². The lowest BCUT2D eigenvalue weighted by atomic mass is 10.2. The summed E-state index contributed by atoms with van der Waals surface area (Å²) < 4.78 is 27.0. The Bertz CT molecular complexity index is 916. The second-order valence-corrected chi connectivity index (χ2v) is 9.65. The molecule has 140 valence electrons. The van der Waals surface area contributed by atoms with Crippen molar-refractivity contribution in [1.82, 2.24) is 9.21 Å². The first kappa shape index (κ1) is 19.4. The number of nitrogens with zero attached hydrogens (tertiary/aromatic N) is 2. The fraction of sp³-hybridized carbons (Fsp3) is 0.389. The lowest BCUT2D eigenvalue weighted by Crippen LogP contribution is -2.50. The maximum atomic E-state index is 12.8. The van der Waals surface area contributed by atoms with Crippen LogP contribution >= 0.6 is 22.9 Å². The van der Waals surface area contributed by atoms with E-state index in [1.165, 1.54) is 26.6 Å². The maximum absolute atomic E-state index is 12.8. The predicted octanol–water partition coefficient (Wildman–Crippen LogP) is 3.42. The molecule has 0 radical (unpaired) electrons. The number of halogens is 1. The molecule has 2 aromatic rings. The Kier molecular flexibility index (Phi) is 5.72. The second-order valence-electron chi connectivity index (χ2n) is 6.20. The Balaban J connectivity index is 1.71. The van der Waals surface area contributed by atoms with Gasteiger partial charge >= 0.3 is 0 Å². The zero-order valence-electron chi connectivity index (χ0n) is 14.7. The molecule has 1 aliphatic rings. The highest BCUT2D eigenvalue weighted by molar-refractivity contribution is 7.89. The number of hydrogen-bond donors (Lipinski definition) is 0. The molecule has 1 aliphatic heterocycles. The Morgan fingerprint density at radius 3 is 2.42 bits per heavy atom. The van der Waals surface area contributed by atoms with Crippen molar-refractivity contribution in [3.63, 3.8) is 0 Å². The molecule has 1 saturated heterocycles. The number of rotatable bonds is 4. The molecule has 0 N–H and O–H groups in total. The molecule has 1 amide bonds. The van der Waals surface area contributed by atoms with Crippen LogP contribution in [0.3, 0.4) is 0 Å². The zero-order chi connectivity index (χ0) is 18.9. The number of piperazine rings is 1. The highest BCUT2D eigenvalue weighted by Crippen LogP contribution is 2.27. The maximum Gasteiger partial charge on any atom is 0.264 e. The molecule has 0 atom stereocenters. The lowest BCUT2D eigenvalue weighted by Gasteiger charge is -2.33. The van der Waals surface area contributed by atoms with Crippen LogP contribution in [0.2, 0.25) is 5.02 Å². The summed E-state index contributed by atoms with van der Waals surface area (Å²) in [4.78, 5) is 16.5. The molecule has 3 rings (SSSR count). The molecule has 0 bridgehead atoms. The van der Waals surface area contributed by atoms with Crippen LogP contribution in [-0.2, 0) is 16.4 Å². The summed E-state index contributed by atoms with van der Waals surface area (Å²) in [7, 11) is -3.65. The van der Waals surface area contributed by atoms with E-state index in [9.17, 15) is 13.2 Å². The molecular formula is C18H21ClN2O3S2. The second kappa shape index (κ2) is 7.68. The van der Waals surface area contributed by atoms with Gasteiger partial charge in [0, 0.05) is 31.1 Å². The first-order valence-corrected chi connectivity index (χ1v) is 11.1. The number of thiophene rings is 1. The lowest BCUT2D eigenvalue weighted by molar-refractivity contribution is 0.0702. The van der Waals surface area contributed by atoms with E-state index in [1.54, 1.807) is 23.1 Å². The fourth-order valence-corrected chi connectivity index (χ4v) is 6.05. The van der Waals surface area contributed by atoms with Crippen molar-refractivity contribution in [3.05, 3.63) is 50.7 Å². The summed E-state index contributed by atoms with van der Waals surface area (Å²) in [6.07, 6.45) is 0.910. The van der Waals surface area contributed by atoms with Crippen molar-refractivity contribution >= 4 is 38.9 Å². The van der Waals surface area contributed by atoms with Crippen molar-refractivity contribution in [3.8, 4) is 0 Å². The summed E-state index contributed by atoms with van der Waals surface area (Å²) in [5, 5.41) is 0.215. The van der Waals surface area contributed by atoms with Crippen molar-refractivity contribution in [2.45, 2.75) is 25.2 Å². The van der Waals surface area contributed by atoms with Gasteiger partial charge in [-0.25, -0.2) is 8.42 Å². The molecule has 5 nitrogen and oxygen atoms in total. The number of amides is 1. The summed E-state index contributed by atoms with van der Waals surface area (Å²) in [5.41, 5.74) is 1.14. The van der Waals surface area contributed by atoms with Gasteiger partial charge in [0.25, 0.3) is 5.91 Å². The van der Waals surface area contributed by atoms with Gasteiger partial charge in [0.2, 0.25) is 10.0 Å². The molecule has 0 aliphatic carbocycles. The number of hydrogen-bond acceptors (Lipinski definition) is 4. The van der Waals surface area contributed by atoms with Crippen molar-refractivity contribution in [2.24, 2.45) is 0 Å². The average molecular weight is 413 g/mol. The van der Waals surface area contributed by atoms with Crippen LogP contribution in [0.4, 0.5) is 0 Å². The Morgan fingerprint density at radius 2 is 1.85 bits per heavy atom. The predicted molar refractivity (Wildman–Crippen MR) is 105 cm³/mol. The number of benzene rings is 1. The molecule has 0 unspecified atom stereocenters. The first-order chi connectivity index (χ1) is 12.3. The molecule has 0 spiro atoms. The summed E-state index contributed by atoms with van der Waals surface area (Å²) in [6.45, 7) is 5.38. The molecule has 8 heteroatoms. The van der Waals surface area contributed by atoms with Crippen molar-refractivity contribution in [1.29, 1.82) is 0 Å². The minimum absolute atomic E-state index is 0.0207. The Morgan fingerprint density at radius 1 is 1.19 bits per heavy atom. The van der Waals surface area contributed by atoms with Crippen LogP contribution in [0.15, 0.2) is 35.2 Å². The molecule has 0 saturated carbocycles. The molecule has 1 aromatic carbocycles. The van der Waals surface area contributed by atoms with Gasteiger partial charge in [0.1, 0.15) is 4.90 Å². The third-order valence-corrected chi connectivity index (χ3v) is 8.30. The van der Waals surface area contributed by atoms with Crippen LogP contribution in [-0.4, -0.2) is 49.7 Å². The molecule has 1 fully saturated rings. The van der Waals surface area contributed by atoms with E-state index in [1.807, 2.05) is 13.0 Å². The Hall–Kier alpha value is -1.41. The van der Waals surface area contributed by atoms with E-state index < -0.39 is 10.0 Å². The van der Waals surface area contributed by atoms with Crippen LogP contribution in [0.1, 0.15) is 27.0 Å². The van der Waals surface area contributed by atoms with Gasteiger partial charge in [-0.15, -0.1) is 11.3 Å². The fourth-order valence-electron chi connectivity index (χ4n) is 3.06. The van der Waals surface area contributed by atoms with Crippen LogP contribution in [0, 0.1) is 6.92 Å². The highest BCUT2D eigenvalue weighted by Gasteiger charge is 2.32. The molecule has 26 heavy (non-hydrogen) atoms. The normalized spacial score (nSPS) is 16.0. The van der Waals surface area contributed by atoms with Gasteiger partial charge in [0.15, 0.2) is 0 Å². The number of aryl methyl sites for hydroxylation is 2. The number of sulfonamides is 1. The third-order valence-electron chi connectivity index (χ3n) is 4.53. The topological polar surface area (TPSA) is 57.7 Å². The third kappa shape index (κ3) is 3.67. The number of carbonyl (C=O) groups is 1. The zero-order valence-corrected chi connectivity index (χ0v) is 17.1. The highest BCUT2D eigenvalue weighted by atomic mass is 35.5. The van der Waals surface area contributed by atoms with Crippen LogP contribution in [0.25, 0.3) is 0 Å². The minimum atomic E-state index is -3.65. The minimum Gasteiger partial charge on any atom is -0.335 e. The quantitative estimate of drug-likeness (QED) is 0.773. The van der Waals surface area contributed by atoms with Crippen molar-refractivity contribution < 1.29 is 13.2 Å². The SMILES string of the molecule is CCc1sc(C(=O)N2CCN(S(=O)(=O)c3ccccc3Cl)CC2)cc1C. The van der Waals surface area contributed by atoms with E-state index in [-0.39, 0.29) is 28.9 Å². The average Bonchev–Trinajstić information content (AvgIpc) is 3.02. The smallest absolute Gasteiger partial charge is 0.264 e. The van der Waals surface area contributed by atoms with Gasteiger partial charge in [-0.1, -0.05) is 30.7 Å².